The number of nitrogens with two attached hydrogens (primary N) is 1. The average Bonchev–Trinajstić information content (AvgIpc) is 2.56. The maximum absolute atomic E-state index is 10.6. The lowest BCUT2D eigenvalue weighted by Gasteiger charge is -2.15. The molecule has 0 amide bonds. The fourth-order valence-corrected chi connectivity index (χ4v) is 2.95. The Kier molecular flexibility index (Phi) is 15.8. The molecule has 0 aromatic rings. The van der Waals surface area contributed by atoms with E-state index in [1.54, 1.807) is 6.08 Å². The van der Waals surface area contributed by atoms with Gasteiger partial charge in [-0.25, -0.2) is 4.57 Å². The molecule has 0 spiro atoms. The minimum absolute atomic E-state index is 0.381. The number of unbranched alkanes of at least 4 members (excludes halogenated alkanes) is 11. The van der Waals surface area contributed by atoms with Gasteiger partial charge in [0.05, 0.1) is 18.8 Å². The van der Waals surface area contributed by atoms with Gasteiger partial charge in [0, 0.05) is 0 Å². The van der Waals surface area contributed by atoms with Crippen LogP contribution in [0.2, 0.25) is 0 Å². The van der Waals surface area contributed by atoms with Crippen molar-refractivity contribution >= 4 is 7.82 Å². The summed E-state index contributed by atoms with van der Waals surface area (Å²) in [7, 11) is -4.53. The first-order valence-electron chi connectivity index (χ1n) is 9.67. The number of hydrogen-bond donors (Lipinski definition) is 4. The molecule has 0 aromatic heterocycles. The third-order valence-corrected chi connectivity index (χ3v) is 4.67. The van der Waals surface area contributed by atoms with Crippen LogP contribution in [0.3, 0.4) is 0 Å². The zero-order valence-corrected chi connectivity index (χ0v) is 16.6. The van der Waals surface area contributed by atoms with E-state index in [4.69, 9.17) is 15.5 Å². The van der Waals surface area contributed by atoms with E-state index in [-0.39, 0.29) is 6.61 Å². The van der Waals surface area contributed by atoms with E-state index in [9.17, 15) is 9.67 Å². The highest BCUT2D eigenvalue weighted by Gasteiger charge is 2.19. The van der Waals surface area contributed by atoms with E-state index in [1.807, 2.05) is 6.08 Å². The van der Waals surface area contributed by atoms with Crippen molar-refractivity contribution in [3.8, 4) is 0 Å². The van der Waals surface area contributed by atoms with Crippen LogP contribution < -0.4 is 5.73 Å². The highest BCUT2D eigenvalue weighted by Crippen LogP contribution is 2.35. The third kappa shape index (κ3) is 18.4. The fourth-order valence-electron chi connectivity index (χ4n) is 2.59. The lowest BCUT2D eigenvalue weighted by Crippen LogP contribution is -2.37. The summed E-state index contributed by atoms with van der Waals surface area (Å²) >= 11 is 0. The molecule has 150 valence electrons. The normalized spacial score (nSPS) is 14.9. The van der Waals surface area contributed by atoms with Crippen LogP contribution in [0.1, 0.15) is 84.0 Å². The maximum Gasteiger partial charge on any atom is 0.469 e. The van der Waals surface area contributed by atoms with E-state index in [0.717, 1.165) is 12.8 Å². The molecule has 0 bridgehead atoms. The summed E-state index contributed by atoms with van der Waals surface area (Å²) in [6.07, 6.45) is 17.6. The summed E-state index contributed by atoms with van der Waals surface area (Å²) in [5.74, 6) is 0. The number of allylic oxidation sites excluding steroid dienone is 1. The molecule has 0 saturated carbocycles. The van der Waals surface area contributed by atoms with Crippen LogP contribution in [0.15, 0.2) is 12.2 Å². The molecule has 0 fully saturated rings. The molecule has 2 atom stereocenters. The summed E-state index contributed by atoms with van der Waals surface area (Å²) in [4.78, 5) is 17.2. The highest BCUT2D eigenvalue weighted by atomic mass is 32.2. The van der Waals surface area contributed by atoms with Gasteiger partial charge in [-0.2, -0.15) is 0 Å². The van der Waals surface area contributed by atoms with Gasteiger partial charge in [0.1, 0.15) is 0 Å². The highest BCUT2D eigenvalue weighted by molar-refractivity contribution is 7.46. The first-order valence-corrected chi connectivity index (χ1v) is 11.2. The molecule has 0 unspecified atom stereocenters. The van der Waals surface area contributed by atoms with Crippen molar-refractivity contribution in [1.82, 2.24) is 0 Å². The molecule has 0 aliphatic heterocycles. The van der Waals surface area contributed by atoms with Crippen LogP contribution in [-0.4, -0.2) is 33.6 Å². The molecule has 0 radical (unpaired) electrons. The summed E-state index contributed by atoms with van der Waals surface area (Å²) in [6, 6.07) is -0.846. The number of hydrogen-bond acceptors (Lipinski definition) is 4. The van der Waals surface area contributed by atoms with Gasteiger partial charge in [0.2, 0.25) is 0 Å². The minimum Gasteiger partial charge on any atom is -0.387 e. The molecular weight excluding hydrogens is 342 g/mol. The van der Waals surface area contributed by atoms with Crippen LogP contribution in [-0.2, 0) is 9.09 Å². The molecule has 0 aromatic carbocycles. The van der Waals surface area contributed by atoms with Crippen molar-refractivity contribution in [1.29, 1.82) is 0 Å². The monoisotopic (exact) mass is 380 g/mol. The van der Waals surface area contributed by atoms with Crippen molar-refractivity contribution in [2.45, 2.75) is 96.1 Å². The van der Waals surface area contributed by atoms with Crippen LogP contribution in [0, 0.1) is 0 Å². The lowest BCUT2D eigenvalue weighted by molar-refractivity contribution is 0.129. The predicted molar refractivity (Wildman–Crippen MR) is 102 cm³/mol. The van der Waals surface area contributed by atoms with Crippen LogP contribution in [0.25, 0.3) is 0 Å². The van der Waals surface area contributed by atoms with Crippen molar-refractivity contribution in [2.75, 3.05) is 6.61 Å². The number of rotatable bonds is 17. The Balaban J connectivity index is 3.46. The molecule has 0 heterocycles. The van der Waals surface area contributed by atoms with Crippen LogP contribution in [0.5, 0.6) is 0 Å². The topological polar surface area (TPSA) is 113 Å². The van der Waals surface area contributed by atoms with Gasteiger partial charge in [-0.05, 0) is 12.8 Å². The van der Waals surface area contributed by atoms with E-state index in [2.05, 4.69) is 11.4 Å². The number of aliphatic hydroxyl groups is 1. The molecule has 0 aliphatic rings. The Morgan fingerprint density at radius 2 is 1.44 bits per heavy atom. The lowest BCUT2D eigenvalue weighted by atomic mass is 10.0. The van der Waals surface area contributed by atoms with Gasteiger partial charge >= 0.3 is 7.82 Å². The second-order valence-electron chi connectivity index (χ2n) is 6.69. The van der Waals surface area contributed by atoms with E-state index in [1.165, 1.54) is 64.2 Å². The molecule has 6 nitrogen and oxygen atoms in total. The third-order valence-electron chi connectivity index (χ3n) is 4.18. The first kappa shape index (κ1) is 24.8. The van der Waals surface area contributed by atoms with Gasteiger partial charge in [0.15, 0.2) is 0 Å². The quantitative estimate of drug-likeness (QED) is 0.172. The minimum atomic E-state index is -4.53. The molecule has 7 heteroatoms. The summed E-state index contributed by atoms with van der Waals surface area (Å²) in [5, 5.41) is 9.75. The number of phosphoric ester groups is 1. The van der Waals surface area contributed by atoms with Gasteiger partial charge < -0.3 is 20.6 Å². The molecular formula is C18H38NO5P. The number of phosphoric acid groups is 1. The standard InChI is InChI=1S/C18H38NO5P/c1-2-3-4-5-6-7-8-9-10-11-12-13-14-15-18(20)17(19)16-24-25(21,22)23/h14-15,17-18,20H,2-13,16,19H2,1H3,(H2,21,22,23)/b15-14+/t17-,18+/m0/s1/i25+1. The first-order chi connectivity index (χ1) is 11.9. The predicted octanol–water partition coefficient (Wildman–Crippen LogP) is 4.04. The molecule has 25 heavy (non-hydrogen) atoms. The zero-order valence-electron chi connectivity index (χ0n) is 15.7. The van der Waals surface area contributed by atoms with E-state index < -0.39 is 20.0 Å². The van der Waals surface area contributed by atoms with Crippen molar-refractivity contribution in [2.24, 2.45) is 5.73 Å². The average molecular weight is 380 g/mol. The van der Waals surface area contributed by atoms with E-state index in [0.29, 0.717) is 0 Å². The Morgan fingerprint density at radius 1 is 0.960 bits per heavy atom. The van der Waals surface area contributed by atoms with Crippen molar-refractivity contribution < 1.29 is 24.0 Å². The Morgan fingerprint density at radius 3 is 1.92 bits per heavy atom. The zero-order chi connectivity index (χ0) is 19.0. The van der Waals surface area contributed by atoms with Gasteiger partial charge in [0.25, 0.3) is 0 Å². The van der Waals surface area contributed by atoms with E-state index >= 15 is 0 Å². The molecule has 0 aliphatic carbocycles. The largest absolute Gasteiger partial charge is 0.469 e. The Hall–Kier alpha value is -0.230. The second-order valence-corrected chi connectivity index (χ2v) is 7.93. The summed E-state index contributed by atoms with van der Waals surface area (Å²) in [6.45, 7) is 1.86. The van der Waals surface area contributed by atoms with Crippen LogP contribution in [0.4, 0.5) is 0 Å². The fraction of sp³-hybridized carbons (Fsp3) is 0.889. The molecule has 5 N–H and O–H groups in total. The maximum atomic E-state index is 10.6. The van der Waals surface area contributed by atoms with Crippen molar-refractivity contribution in [3.05, 3.63) is 12.2 Å². The second kappa shape index (κ2) is 16.0. The van der Waals surface area contributed by atoms with Gasteiger partial charge in [-0.1, -0.05) is 83.3 Å². The SMILES string of the molecule is CCCCCCCCCCCCC/C=C/[C@@H](O)[C@@H](N)CO[32P](=O)(O)O. The van der Waals surface area contributed by atoms with Gasteiger partial charge in [-0.3, -0.25) is 4.52 Å². The number of aliphatic hydroxyl groups excluding tert-OH is 1. The molecule has 0 saturated heterocycles. The summed E-state index contributed by atoms with van der Waals surface area (Å²) < 4.78 is 14.8. The van der Waals surface area contributed by atoms with Crippen LogP contribution >= 0.6 is 7.82 Å². The summed E-state index contributed by atoms with van der Waals surface area (Å²) in [5.41, 5.74) is 5.60. The van der Waals surface area contributed by atoms with Crippen molar-refractivity contribution in [3.63, 3.8) is 0 Å². The smallest absolute Gasteiger partial charge is 0.387 e. The molecule has 0 rings (SSSR count). The van der Waals surface area contributed by atoms with Gasteiger partial charge in [-0.15, -0.1) is 0 Å². The Bertz CT molecular complexity index is 372. The Labute approximate surface area is 153 Å².